The Morgan fingerprint density at radius 1 is 0.828 bits per heavy atom. The molecule has 0 spiro atoms. The standard InChI is InChI=1S/C24H37ClO4/c1-7-9-11-16-23(3,4)28-21(26)18-14-13-15-19(25)20(18)22(27)29-24(5,6)17-12-10-8-2/h13-15H,7-12,16-17H2,1-6H3. The minimum Gasteiger partial charge on any atom is -0.456 e. The minimum atomic E-state index is -0.633. The van der Waals surface area contributed by atoms with E-state index < -0.39 is 23.1 Å². The van der Waals surface area contributed by atoms with Crippen LogP contribution in [-0.2, 0) is 9.47 Å². The highest BCUT2D eigenvalue weighted by atomic mass is 35.5. The third-order valence-electron chi connectivity index (χ3n) is 4.94. The van der Waals surface area contributed by atoms with Crippen LogP contribution in [0.15, 0.2) is 18.2 Å². The molecule has 0 aliphatic carbocycles. The van der Waals surface area contributed by atoms with Gasteiger partial charge in [0.15, 0.2) is 0 Å². The van der Waals surface area contributed by atoms with Crippen molar-refractivity contribution < 1.29 is 19.1 Å². The van der Waals surface area contributed by atoms with Crippen LogP contribution in [0, 0.1) is 0 Å². The van der Waals surface area contributed by atoms with Crippen LogP contribution >= 0.6 is 11.6 Å². The Kier molecular flexibility index (Phi) is 10.2. The molecule has 0 N–H and O–H groups in total. The average molecular weight is 425 g/mol. The lowest BCUT2D eigenvalue weighted by molar-refractivity contribution is -0.0102. The van der Waals surface area contributed by atoms with Gasteiger partial charge in [0, 0.05) is 0 Å². The second kappa shape index (κ2) is 11.6. The van der Waals surface area contributed by atoms with Crippen molar-refractivity contribution in [2.75, 3.05) is 0 Å². The maximum atomic E-state index is 12.9. The van der Waals surface area contributed by atoms with Crippen molar-refractivity contribution >= 4 is 23.5 Å². The Bertz CT molecular complexity index is 679. The van der Waals surface area contributed by atoms with E-state index in [0.29, 0.717) is 0 Å². The highest BCUT2D eigenvalue weighted by Gasteiger charge is 2.30. The van der Waals surface area contributed by atoms with E-state index >= 15 is 0 Å². The van der Waals surface area contributed by atoms with Gasteiger partial charge in [-0.2, -0.15) is 0 Å². The summed E-state index contributed by atoms with van der Waals surface area (Å²) in [4.78, 5) is 25.8. The van der Waals surface area contributed by atoms with Gasteiger partial charge >= 0.3 is 11.9 Å². The number of ether oxygens (including phenoxy) is 2. The molecule has 1 aromatic carbocycles. The molecule has 0 bridgehead atoms. The topological polar surface area (TPSA) is 52.6 Å². The lowest BCUT2D eigenvalue weighted by atomic mass is 9.99. The van der Waals surface area contributed by atoms with Gasteiger partial charge in [-0.1, -0.05) is 57.2 Å². The largest absolute Gasteiger partial charge is 0.456 e. The molecule has 0 aliphatic rings. The molecule has 0 saturated carbocycles. The van der Waals surface area contributed by atoms with E-state index in [1.807, 2.05) is 27.7 Å². The van der Waals surface area contributed by atoms with Gasteiger partial charge in [-0.3, -0.25) is 0 Å². The van der Waals surface area contributed by atoms with E-state index in [9.17, 15) is 9.59 Å². The third kappa shape index (κ3) is 8.77. The van der Waals surface area contributed by atoms with Gasteiger partial charge in [-0.05, 0) is 65.5 Å². The summed E-state index contributed by atoms with van der Waals surface area (Å²) in [5.74, 6) is -1.14. The second-order valence-electron chi connectivity index (χ2n) is 8.88. The van der Waals surface area contributed by atoms with Crippen molar-refractivity contribution in [2.45, 2.75) is 104 Å². The molecule has 0 atom stereocenters. The summed E-state index contributed by atoms with van der Waals surface area (Å²) in [6, 6.07) is 4.80. The Labute approximate surface area is 181 Å². The fraction of sp³-hybridized carbons (Fsp3) is 0.667. The predicted octanol–water partition coefficient (Wildman–Crippen LogP) is 7.37. The molecule has 0 aromatic heterocycles. The lowest BCUT2D eigenvalue weighted by Gasteiger charge is -2.27. The van der Waals surface area contributed by atoms with Crippen molar-refractivity contribution in [3.63, 3.8) is 0 Å². The van der Waals surface area contributed by atoms with Crippen molar-refractivity contribution in [2.24, 2.45) is 0 Å². The number of hydrogen-bond acceptors (Lipinski definition) is 4. The first-order valence-corrected chi connectivity index (χ1v) is 11.2. The predicted molar refractivity (Wildman–Crippen MR) is 119 cm³/mol. The highest BCUT2D eigenvalue weighted by Crippen LogP contribution is 2.28. The zero-order valence-corrected chi connectivity index (χ0v) is 19.7. The number of hydrogen-bond donors (Lipinski definition) is 0. The summed E-state index contributed by atoms with van der Waals surface area (Å²) in [6.45, 7) is 11.8. The molecule has 5 heteroatoms. The SMILES string of the molecule is CCCCCC(C)(C)OC(=O)c1cccc(Cl)c1C(=O)OC(C)(C)CCCCC. The van der Waals surface area contributed by atoms with Crippen molar-refractivity contribution in [3.05, 3.63) is 34.3 Å². The molecule has 0 fully saturated rings. The zero-order chi connectivity index (χ0) is 22.1. The Hall–Kier alpha value is -1.55. The van der Waals surface area contributed by atoms with Crippen molar-refractivity contribution in [1.29, 1.82) is 0 Å². The molecule has 0 saturated heterocycles. The first kappa shape index (κ1) is 25.5. The Morgan fingerprint density at radius 2 is 1.31 bits per heavy atom. The summed E-state index contributed by atoms with van der Waals surface area (Å²) < 4.78 is 11.4. The van der Waals surface area contributed by atoms with Gasteiger partial charge in [0.1, 0.15) is 11.2 Å². The van der Waals surface area contributed by atoms with E-state index in [4.69, 9.17) is 21.1 Å². The van der Waals surface area contributed by atoms with Gasteiger partial charge in [0.2, 0.25) is 0 Å². The Balaban J connectivity index is 2.98. The van der Waals surface area contributed by atoms with Crippen LogP contribution in [0.2, 0.25) is 5.02 Å². The molecule has 0 heterocycles. The van der Waals surface area contributed by atoms with Crippen LogP contribution in [-0.4, -0.2) is 23.1 Å². The van der Waals surface area contributed by atoms with Gasteiger partial charge < -0.3 is 9.47 Å². The van der Waals surface area contributed by atoms with Gasteiger partial charge in [-0.25, -0.2) is 9.59 Å². The molecule has 0 radical (unpaired) electrons. The van der Waals surface area contributed by atoms with Crippen molar-refractivity contribution in [1.82, 2.24) is 0 Å². The molecule has 29 heavy (non-hydrogen) atoms. The zero-order valence-electron chi connectivity index (χ0n) is 18.9. The summed E-state index contributed by atoms with van der Waals surface area (Å²) in [7, 11) is 0. The van der Waals surface area contributed by atoms with E-state index in [1.54, 1.807) is 18.2 Å². The number of benzene rings is 1. The number of carbonyl (C=O) groups excluding carboxylic acids is 2. The number of halogens is 1. The third-order valence-corrected chi connectivity index (χ3v) is 5.26. The van der Waals surface area contributed by atoms with Crippen molar-refractivity contribution in [3.8, 4) is 0 Å². The van der Waals surface area contributed by atoms with Gasteiger partial charge in [0.25, 0.3) is 0 Å². The summed E-state index contributed by atoms with van der Waals surface area (Å²) in [5.41, 5.74) is -1.02. The maximum Gasteiger partial charge on any atom is 0.341 e. The molecular formula is C24H37ClO4. The van der Waals surface area contributed by atoms with Crippen LogP contribution in [0.1, 0.15) is 114 Å². The van der Waals surface area contributed by atoms with E-state index in [0.717, 1.165) is 51.4 Å². The molecule has 4 nitrogen and oxygen atoms in total. The van der Waals surface area contributed by atoms with E-state index in [2.05, 4.69) is 13.8 Å². The fourth-order valence-corrected chi connectivity index (χ4v) is 3.46. The molecular weight excluding hydrogens is 388 g/mol. The number of esters is 2. The average Bonchev–Trinajstić information content (AvgIpc) is 2.60. The van der Waals surface area contributed by atoms with Gasteiger partial charge in [-0.15, -0.1) is 0 Å². The molecule has 0 aliphatic heterocycles. The molecule has 1 aromatic rings. The lowest BCUT2D eigenvalue weighted by Crippen LogP contribution is -2.31. The smallest absolute Gasteiger partial charge is 0.341 e. The maximum absolute atomic E-state index is 12.9. The van der Waals surface area contributed by atoms with Crippen LogP contribution in [0.3, 0.4) is 0 Å². The first-order chi connectivity index (χ1) is 13.5. The van der Waals surface area contributed by atoms with Crippen LogP contribution in [0.5, 0.6) is 0 Å². The van der Waals surface area contributed by atoms with E-state index in [-0.39, 0.29) is 16.1 Å². The van der Waals surface area contributed by atoms with E-state index in [1.165, 1.54) is 0 Å². The minimum absolute atomic E-state index is 0.0760. The molecule has 164 valence electrons. The number of unbranched alkanes of at least 4 members (excludes halogenated alkanes) is 4. The fourth-order valence-electron chi connectivity index (χ4n) is 3.21. The quantitative estimate of drug-likeness (QED) is 0.259. The number of rotatable bonds is 12. The summed E-state index contributed by atoms with van der Waals surface area (Å²) in [6.07, 6.45) is 7.83. The Morgan fingerprint density at radius 3 is 1.79 bits per heavy atom. The summed E-state index contributed by atoms with van der Waals surface area (Å²) >= 11 is 6.29. The first-order valence-electron chi connectivity index (χ1n) is 10.8. The monoisotopic (exact) mass is 424 g/mol. The summed E-state index contributed by atoms with van der Waals surface area (Å²) in [5, 5.41) is 0.192. The molecule has 0 amide bonds. The van der Waals surface area contributed by atoms with Crippen LogP contribution in [0.4, 0.5) is 0 Å². The van der Waals surface area contributed by atoms with Gasteiger partial charge in [0.05, 0.1) is 16.1 Å². The highest BCUT2D eigenvalue weighted by molar-refractivity contribution is 6.34. The van der Waals surface area contributed by atoms with Crippen LogP contribution < -0.4 is 0 Å². The molecule has 1 rings (SSSR count). The molecule has 0 unspecified atom stereocenters. The normalized spacial score (nSPS) is 12.0. The van der Waals surface area contributed by atoms with Crippen LogP contribution in [0.25, 0.3) is 0 Å². The second-order valence-corrected chi connectivity index (χ2v) is 9.28. The number of carbonyl (C=O) groups is 2.